The Bertz CT molecular complexity index is 368. The van der Waals surface area contributed by atoms with Crippen LogP contribution in [0.5, 0.6) is 0 Å². The lowest BCUT2D eigenvalue weighted by atomic mass is 9.89. The summed E-state index contributed by atoms with van der Waals surface area (Å²) in [5.74, 6) is 0.244. The normalized spacial score (nSPS) is 13.6. The highest BCUT2D eigenvalue weighted by Crippen LogP contribution is 2.21. The number of carbonyl (C=O) groups excluding carboxylic acids is 1. The molecule has 0 spiro atoms. The Balaban J connectivity index is 4.04. The predicted octanol–water partition coefficient (Wildman–Crippen LogP) is 4.36. The zero-order chi connectivity index (χ0) is 19.0. The van der Waals surface area contributed by atoms with Crippen LogP contribution in [-0.4, -0.2) is 42.8 Å². The maximum Gasteiger partial charge on any atom is 0.140 e. The van der Waals surface area contributed by atoms with Gasteiger partial charge in [0.05, 0.1) is 24.4 Å². The van der Waals surface area contributed by atoms with Crippen molar-refractivity contribution in [2.24, 2.45) is 5.41 Å². The Kier molecular flexibility index (Phi) is 9.70. The van der Waals surface area contributed by atoms with Gasteiger partial charge in [-0.1, -0.05) is 34.6 Å². The second kappa shape index (κ2) is 9.88. The number of hydrogen-bond acceptors (Lipinski definition) is 4. The van der Waals surface area contributed by atoms with E-state index in [-0.39, 0.29) is 22.4 Å². The summed E-state index contributed by atoms with van der Waals surface area (Å²) < 4.78 is 12.0. The lowest BCUT2D eigenvalue weighted by molar-refractivity contribution is -0.129. The largest absolute Gasteiger partial charge is 0.375 e. The Morgan fingerprint density at radius 3 is 1.88 bits per heavy atom. The second-order valence-corrected chi connectivity index (χ2v) is 9.25. The Labute approximate surface area is 150 Å². The topological polar surface area (TPSA) is 47.6 Å². The molecule has 24 heavy (non-hydrogen) atoms. The molecule has 0 saturated carbocycles. The third-order valence-corrected chi connectivity index (χ3v) is 4.14. The molecule has 0 aliphatic rings. The van der Waals surface area contributed by atoms with Gasteiger partial charge in [0, 0.05) is 17.9 Å². The maximum atomic E-state index is 11.9. The summed E-state index contributed by atoms with van der Waals surface area (Å²) in [5.41, 5.74) is -0.699. The fourth-order valence-electron chi connectivity index (χ4n) is 2.17. The molecule has 0 aromatic rings. The number of ether oxygens (including phenoxy) is 2. The molecule has 1 N–H and O–H groups in total. The zero-order valence-corrected chi connectivity index (χ0v) is 17.5. The summed E-state index contributed by atoms with van der Waals surface area (Å²) in [6.07, 6.45) is 2.27. The van der Waals surface area contributed by atoms with Crippen LogP contribution in [0.3, 0.4) is 0 Å². The van der Waals surface area contributed by atoms with E-state index in [4.69, 9.17) is 9.47 Å². The van der Waals surface area contributed by atoms with Gasteiger partial charge >= 0.3 is 0 Å². The molecule has 0 amide bonds. The minimum absolute atomic E-state index is 0.139. The van der Waals surface area contributed by atoms with Crippen molar-refractivity contribution in [1.82, 2.24) is 5.32 Å². The third-order valence-electron chi connectivity index (χ3n) is 4.14. The monoisotopic (exact) mass is 343 g/mol. The first kappa shape index (κ1) is 23.5. The Hall–Kier alpha value is -0.450. The van der Waals surface area contributed by atoms with Crippen molar-refractivity contribution in [2.45, 2.75) is 98.8 Å². The molecule has 0 aromatic carbocycles. The van der Waals surface area contributed by atoms with Gasteiger partial charge in [0.2, 0.25) is 0 Å². The smallest absolute Gasteiger partial charge is 0.140 e. The first-order valence-corrected chi connectivity index (χ1v) is 9.30. The van der Waals surface area contributed by atoms with Crippen LogP contribution in [0.1, 0.15) is 81.6 Å². The standard InChI is InChI=1S/C20H41NO3/c1-16(2)21-13-11-19(6,7)24-15-12-20(8,9)23-14-10-17(22)18(3,4)5/h16,21H,10-15H2,1-9H3. The number of carbonyl (C=O) groups is 1. The fraction of sp³-hybridized carbons (Fsp3) is 0.950. The molecular formula is C20H41NO3. The minimum Gasteiger partial charge on any atom is -0.375 e. The molecule has 0 saturated heterocycles. The van der Waals surface area contributed by atoms with Crippen LogP contribution in [0.15, 0.2) is 0 Å². The van der Waals surface area contributed by atoms with Gasteiger partial charge < -0.3 is 14.8 Å². The van der Waals surface area contributed by atoms with E-state index in [1.54, 1.807) is 0 Å². The molecule has 0 radical (unpaired) electrons. The summed E-state index contributed by atoms with van der Waals surface area (Å²) in [6, 6.07) is 0.504. The summed E-state index contributed by atoms with van der Waals surface area (Å²) in [7, 11) is 0. The molecule has 0 heterocycles. The highest BCUT2D eigenvalue weighted by Gasteiger charge is 2.25. The fourth-order valence-corrected chi connectivity index (χ4v) is 2.17. The van der Waals surface area contributed by atoms with Crippen LogP contribution in [-0.2, 0) is 14.3 Å². The SMILES string of the molecule is CC(C)NCCC(C)(C)OCCC(C)(C)OCCC(=O)C(C)(C)C. The summed E-state index contributed by atoms with van der Waals surface area (Å²) in [6.45, 7) is 20.6. The van der Waals surface area contributed by atoms with Crippen molar-refractivity contribution in [3.05, 3.63) is 0 Å². The van der Waals surface area contributed by atoms with E-state index in [2.05, 4.69) is 46.9 Å². The van der Waals surface area contributed by atoms with Gasteiger partial charge in [-0.2, -0.15) is 0 Å². The lowest BCUT2D eigenvalue weighted by Gasteiger charge is -2.30. The van der Waals surface area contributed by atoms with E-state index >= 15 is 0 Å². The minimum atomic E-state index is -0.287. The lowest BCUT2D eigenvalue weighted by Crippen LogP contribution is -2.35. The van der Waals surface area contributed by atoms with Crippen molar-refractivity contribution in [3.63, 3.8) is 0 Å². The first-order valence-electron chi connectivity index (χ1n) is 9.30. The van der Waals surface area contributed by atoms with E-state index in [1.807, 2.05) is 20.8 Å². The van der Waals surface area contributed by atoms with Gasteiger partial charge in [-0.05, 0) is 47.1 Å². The number of rotatable bonds is 12. The quantitative estimate of drug-likeness (QED) is 0.572. The predicted molar refractivity (Wildman–Crippen MR) is 102 cm³/mol. The van der Waals surface area contributed by atoms with Crippen LogP contribution in [0, 0.1) is 5.41 Å². The summed E-state index contributed by atoms with van der Waals surface area (Å²) in [5, 5.41) is 3.42. The summed E-state index contributed by atoms with van der Waals surface area (Å²) in [4.78, 5) is 11.9. The van der Waals surface area contributed by atoms with Crippen molar-refractivity contribution in [3.8, 4) is 0 Å². The molecule has 4 nitrogen and oxygen atoms in total. The van der Waals surface area contributed by atoms with Crippen LogP contribution in [0.25, 0.3) is 0 Å². The molecule has 0 unspecified atom stereocenters. The molecule has 0 aliphatic carbocycles. The van der Waals surface area contributed by atoms with Gasteiger partial charge in [0.25, 0.3) is 0 Å². The molecule has 0 rings (SSSR count). The van der Waals surface area contributed by atoms with E-state index in [1.165, 1.54) is 0 Å². The third kappa shape index (κ3) is 12.0. The second-order valence-electron chi connectivity index (χ2n) is 9.25. The number of nitrogens with one attached hydrogen (secondary N) is 1. The Morgan fingerprint density at radius 2 is 1.38 bits per heavy atom. The average molecular weight is 344 g/mol. The van der Waals surface area contributed by atoms with E-state index < -0.39 is 0 Å². The number of Topliss-reactive ketones (excluding diaryl/α,β-unsaturated/α-hetero) is 1. The van der Waals surface area contributed by atoms with E-state index in [9.17, 15) is 4.79 Å². The van der Waals surface area contributed by atoms with Gasteiger partial charge in [-0.15, -0.1) is 0 Å². The van der Waals surface area contributed by atoms with Gasteiger partial charge in [0.15, 0.2) is 0 Å². The van der Waals surface area contributed by atoms with Crippen molar-refractivity contribution < 1.29 is 14.3 Å². The van der Waals surface area contributed by atoms with E-state index in [0.717, 1.165) is 19.4 Å². The van der Waals surface area contributed by atoms with Crippen LogP contribution >= 0.6 is 0 Å². The molecule has 0 aliphatic heterocycles. The van der Waals surface area contributed by atoms with E-state index in [0.29, 0.717) is 25.7 Å². The first-order chi connectivity index (χ1) is 10.8. The molecule has 0 bridgehead atoms. The van der Waals surface area contributed by atoms with Crippen LogP contribution in [0.4, 0.5) is 0 Å². The molecule has 0 atom stereocenters. The number of ketones is 1. The highest BCUT2D eigenvalue weighted by molar-refractivity contribution is 5.83. The van der Waals surface area contributed by atoms with Gasteiger partial charge in [-0.3, -0.25) is 4.79 Å². The van der Waals surface area contributed by atoms with Crippen molar-refractivity contribution >= 4 is 5.78 Å². The molecule has 0 fully saturated rings. The molecular weight excluding hydrogens is 302 g/mol. The molecule has 0 aromatic heterocycles. The van der Waals surface area contributed by atoms with Crippen molar-refractivity contribution in [1.29, 1.82) is 0 Å². The average Bonchev–Trinajstić information content (AvgIpc) is 2.35. The molecule has 4 heteroatoms. The van der Waals surface area contributed by atoms with Crippen LogP contribution < -0.4 is 5.32 Å². The Morgan fingerprint density at radius 1 is 0.875 bits per heavy atom. The zero-order valence-electron chi connectivity index (χ0n) is 17.5. The van der Waals surface area contributed by atoms with Gasteiger partial charge in [0.1, 0.15) is 5.78 Å². The summed E-state index contributed by atoms with van der Waals surface area (Å²) >= 11 is 0. The molecule has 144 valence electrons. The highest BCUT2D eigenvalue weighted by atomic mass is 16.5. The van der Waals surface area contributed by atoms with Crippen molar-refractivity contribution in [2.75, 3.05) is 19.8 Å². The van der Waals surface area contributed by atoms with Gasteiger partial charge in [-0.25, -0.2) is 0 Å². The maximum absolute atomic E-state index is 11.9. The number of hydrogen-bond donors (Lipinski definition) is 1. The van der Waals surface area contributed by atoms with Crippen LogP contribution in [0.2, 0.25) is 0 Å².